The molecule has 17 heavy (non-hydrogen) atoms. The van der Waals surface area contributed by atoms with Crippen molar-refractivity contribution in [3.8, 4) is 0 Å². The van der Waals surface area contributed by atoms with E-state index in [1.165, 1.54) is 0 Å². The smallest absolute Gasteiger partial charge is 0.223 e. The molecule has 2 N–H and O–H groups in total. The number of carbonyl (C=O) groups excluding carboxylic acids is 1. The predicted molar refractivity (Wildman–Crippen MR) is 71.8 cm³/mol. The molecule has 0 aliphatic heterocycles. The molecule has 1 amide bonds. The minimum Gasteiger partial charge on any atom is -0.396 e. The van der Waals surface area contributed by atoms with E-state index in [9.17, 15) is 4.79 Å². The Kier molecular flexibility index (Phi) is 10.2. The number of aliphatic hydroxyl groups is 1. The minimum absolute atomic E-state index is 0.195. The van der Waals surface area contributed by atoms with Crippen LogP contribution in [-0.2, 0) is 4.79 Å². The Morgan fingerprint density at radius 1 is 1.18 bits per heavy atom. The van der Waals surface area contributed by atoms with E-state index in [1.54, 1.807) is 0 Å². The van der Waals surface area contributed by atoms with E-state index < -0.39 is 0 Å². The normalized spacial score (nSPS) is 12.8. The Hall–Kier alpha value is -0.570. The highest BCUT2D eigenvalue weighted by Crippen LogP contribution is 2.13. The molecule has 1 unspecified atom stereocenters. The van der Waals surface area contributed by atoms with Crippen molar-refractivity contribution in [3.05, 3.63) is 0 Å². The van der Waals surface area contributed by atoms with Crippen LogP contribution in [0.1, 0.15) is 59.3 Å². The summed E-state index contributed by atoms with van der Waals surface area (Å²) in [6.07, 6.45) is 6.06. The van der Waals surface area contributed by atoms with Crippen LogP contribution in [-0.4, -0.2) is 24.2 Å². The zero-order valence-corrected chi connectivity index (χ0v) is 11.7. The molecule has 0 saturated carbocycles. The van der Waals surface area contributed by atoms with Gasteiger partial charge >= 0.3 is 0 Å². The fourth-order valence-corrected chi connectivity index (χ4v) is 2.00. The molecule has 0 aliphatic rings. The van der Waals surface area contributed by atoms with Crippen LogP contribution < -0.4 is 5.32 Å². The van der Waals surface area contributed by atoms with Gasteiger partial charge in [-0.3, -0.25) is 4.79 Å². The molecule has 0 aromatic carbocycles. The first kappa shape index (κ1) is 16.4. The topological polar surface area (TPSA) is 49.3 Å². The van der Waals surface area contributed by atoms with Crippen LogP contribution in [0.5, 0.6) is 0 Å². The minimum atomic E-state index is 0.195. The number of carbonyl (C=O) groups is 1. The fourth-order valence-electron chi connectivity index (χ4n) is 2.00. The summed E-state index contributed by atoms with van der Waals surface area (Å²) in [7, 11) is 0. The van der Waals surface area contributed by atoms with Crippen molar-refractivity contribution in [1.82, 2.24) is 5.32 Å². The van der Waals surface area contributed by atoms with Gasteiger partial charge in [-0.15, -0.1) is 0 Å². The first-order valence-corrected chi connectivity index (χ1v) is 7.04. The standard InChI is InChI=1S/C14H29NO2/c1-4-7-13(8-5-2)14(17)15-10-6-9-12(3)11-16/h12-13,16H,4-11H2,1-3H3,(H,15,17). The zero-order chi connectivity index (χ0) is 13.1. The molecule has 0 heterocycles. The van der Waals surface area contributed by atoms with Gasteiger partial charge < -0.3 is 10.4 Å². The Labute approximate surface area is 106 Å². The van der Waals surface area contributed by atoms with Crippen LogP contribution in [0.4, 0.5) is 0 Å². The third kappa shape index (κ3) is 8.19. The average molecular weight is 243 g/mol. The average Bonchev–Trinajstić information content (AvgIpc) is 2.33. The van der Waals surface area contributed by atoms with E-state index >= 15 is 0 Å². The van der Waals surface area contributed by atoms with Gasteiger partial charge in [0, 0.05) is 19.1 Å². The number of nitrogens with one attached hydrogen (secondary N) is 1. The van der Waals surface area contributed by atoms with Crippen molar-refractivity contribution < 1.29 is 9.90 Å². The van der Waals surface area contributed by atoms with Gasteiger partial charge in [0.25, 0.3) is 0 Å². The molecule has 3 nitrogen and oxygen atoms in total. The summed E-state index contributed by atoms with van der Waals surface area (Å²) < 4.78 is 0. The van der Waals surface area contributed by atoms with E-state index in [-0.39, 0.29) is 18.4 Å². The molecule has 0 fully saturated rings. The van der Waals surface area contributed by atoms with E-state index in [1.807, 2.05) is 6.92 Å². The summed E-state index contributed by atoms with van der Waals surface area (Å²) in [6.45, 7) is 7.26. The third-order valence-electron chi connectivity index (χ3n) is 3.13. The lowest BCUT2D eigenvalue weighted by atomic mass is 9.97. The second-order valence-electron chi connectivity index (χ2n) is 5.00. The van der Waals surface area contributed by atoms with Crippen molar-refractivity contribution in [2.45, 2.75) is 59.3 Å². The monoisotopic (exact) mass is 243 g/mol. The second-order valence-corrected chi connectivity index (χ2v) is 5.00. The van der Waals surface area contributed by atoms with Crippen LogP contribution in [0.15, 0.2) is 0 Å². The van der Waals surface area contributed by atoms with Gasteiger partial charge in [0.1, 0.15) is 0 Å². The van der Waals surface area contributed by atoms with Gasteiger partial charge in [-0.1, -0.05) is 33.6 Å². The highest BCUT2D eigenvalue weighted by Gasteiger charge is 2.15. The largest absolute Gasteiger partial charge is 0.396 e. The van der Waals surface area contributed by atoms with E-state index in [0.717, 1.165) is 45.1 Å². The first-order chi connectivity index (χ1) is 8.15. The molecule has 0 spiro atoms. The molecular weight excluding hydrogens is 214 g/mol. The number of amides is 1. The van der Waals surface area contributed by atoms with Crippen molar-refractivity contribution in [2.24, 2.45) is 11.8 Å². The maximum absolute atomic E-state index is 11.9. The van der Waals surface area contributed by atoms with Crippen LogP contribution >= 0.6 is 0 Å². The second kappa shape index (κ2) is 10.6. The van der Waals surface area contributed by atoms with E-state index in [2.05, 4.69) is 19.2 Å². The Morgan fingerprint density at radius 2 is 1.76 bits per heavy atom. The lowest BCUT2D eigenvalue weighted by Gasteiger charge is -2.15. The lowest BCUT2D eigenvalue weighted by Crippen LogP contribution is -2.31. The SMILES string of the molecule is CCCC(CCC)C(=O)NCCCC(C)CO. The van der Waals surface area contributed by atoms with Crippen molar-refractivity contribution >= 4 is 5.91 Å². The van der Waals surface area contributed by atoms with Crippen molar-refractivity contribution in [2.75, 3.05) is 13.2 Å². The highest BCUT2D eigenvalue weighted by molar-refractivity contribution is 5.78. The summed E-state index contributed by atoms with van der Waals surface area (Å²) in [6, 6.07) is 0. The maximum Gasteiger partial charge on any atom is 0.223 e. The molecule has 102 valence electrons. The molecule has 0 bridgehead atoms. The molecular formula is C14H29NO2. The third-order valence-corrected chi connectivity index (χ3v) is 3.13. The van der Waals surface area contributed by atoms with Crippen LogP contribution in [0.3, 0.4) is 0 Å². The molecule has 1 atom stereocenters. The van der Waals surface area contributed by atoms with E-state index in [0.29, 0.717) is 5.92 Å². The summed E-state index contributed by atoms with van der Waals surface area (Å²) in [4.78, 5) is 11.9. The zero-order valence-electron chi connectivity index (χ0n) is 11.7. The molecule has 3 heteroatoms. The fraction of sp³-hybridized carbons (Fsp3) is 0.929. The number of hydrogen-bond donors (Lipinski definition) is 2. The van der Waals surface area contributed by atoms with Crippen molar-refractivity contribution in [3.63, 3.8) is 0 Å². The molecule has 0 radical (unpaired) electrons. The van der Waals surface area contributed by atoms with Gasteiger partial charge in [-0.25, -0.2) is 0 Å². The van der Waals surface area contributed by atoms with Gasteiger partial charge in [0.2, 0.25) is 5.91 Å². The lowest BCUT2D eigenvalue weighted by molar-refractivity contribution is -0.125. The Balaban J connectivity index is 3.73. The molecule has 0 aromatic heterocycles. The van der Waals surface area contributed by atoms with Gasteiger partial charge in [0.15, 0.2) is 0 Å². The predicted octanol–water partition coefficient (Wildman–Crippen LogP) is 2.73. The van der Waals surface area contributed by atoms with Crippen LogP contribution in [0.25, 0.3) is 0 Å². The van der Waals surface area contributed by atoms with Crippen LogP contribution in [0, 0.1) is 11.8 Å². The summed E-state index contributed by atoms with van der Waals surface area (Å²) >= 11 is 0. The molecule has 0 saturated heterocycles. The van der Waals surface area contributed by atoms with E-state index in [4.69, 9.17) is 5.11 Å². The highest BCUT2D eigenvalue weighted by atomic mass is 16.3. The Morgan fingerprint density at radius 3 is 2.24 bits per heavy atom. The molecule has 0 rings (SSSR count). The van der Waals surface area contributed by atoms with Crippen molar-refractivity contribution in [1.29, 1.82) is 0 Å². The number of aliphatic hydroxyl groups excluding tert-OH is 1. The first-order valence-electron chi connectivity index (χ1n) is 7.04. The summed E-state index contributed by atoms with van der Waals surface area (Å²) in [5.41, 5.74) is 0. The number of rotatable bonds is 10. The molecule has 0 aliphatic carbocycles. The maximum atomic E-state index is 11.9. The van der Waals surface area contributed by atoms with Gasteiger partial charge in [0.05, 0.1) is 0 Å². The van der Waals surface area contributed by atoms with Gasteiger partial charge in [-0.05, 0) is 31.6 Å². The molecule has 0 aromatic rings. The summed E-state index contributed by atoms with van der Waals surface area (Å²) in [5, 5.41) is 11.9. The quantitative estimate of drug-likeness (QED) is 0.580. The van der Waals surface area contributed by atoms with Gasteiger partial charge in [-0.2, -0.15) is 0 Å². The summed E-state index contributed by atoms with van der Waals surface area (Å²) in [5.74, 6) is 0.750. The van der Waals surface area contributed by atoms with Crippen LogP contribution in [0.2, 0.25) is 0 Å². The number of hydrogen-bond acceptors (Lipinski definition) is 2. The Bertz CT molecular complexity index is 189.